The van der Waals surface area contributed by atoms with E-state index >= 15 is 0 Å². The molecule has 2 fully saturated rings. The standard InChI is InChI=1S/C33H44O19/c1-4-14-16(17(29(45)46-3)11-47-30(14)51-32-26(41)24(39)22(37)19(9-35)49-32)7-6-13(8-34)21-15(5-2)31(48-12-18(21)28(43)44)52-33-27(42)25(40)23(38)20(10-36)50-33/h4-6,8,11-12,14-16,19-27,30-33,35-42H,1-2,7,9-10H2,3H3,(H,43,44)/b13-6-/t14-,15-,16+,19-,20-,21+,22-,23-,24+,25+,26-,27-,30+,31+,32+,33+/m1/s1. The van der Waals surface area contributed by atoms with Crippen LogP contribution < -0.4 is 0 Å². The number of carboxylic acid groups (broad SMARTS) is 1. The summed E-state index contributed by atoms with van der Waals surface area (Å²) < 4.78 is 38.4. The second kappa shape index (κ2) is 18.0. The molecule has 19 heteroatoms. The minimum atomic E-state index is -1.83. The highest BCUT2D eigenvalue weighted by Crippen LogP contribution is 2.41. The van der Waals surface area contributed by atoms with Crippen LogP contribution in [0.15, 0.2) is 60.6 Å². The Labute approximate surface area is 296 Å². The van der Waals surface area contributed by atoms with Crippen LogP contribution in [0.2, 0.25) is 0 Å². The van der Waals surface area contributed by atoms with E-state index in [2.05, 4.69) is 13.2 Å². The van der Waals surface area contributed by atoms with Gasteiger partial charge in [0.1, 0.15) is 55.1 Å². The maximum Gasteiger partial charge on any atom is 0.337 e. The van der Waals surface area contributed by atoms with Crippen LogP contribution >= 0.6 is 0 Å². The summed E-state index contributed by atoms with van der Waals surface area (Å²) in [5.41, 5.74) is -0.599. The molecule has 0 spiro atoms. The zero-order valence-electron chi connectivity index (χ0n) is 27.8. The Morgan fingerprint density at radius 3 is 1.65 bits per heavy atom. The lowest BCUT2D eigenvalue weighted by molar-refractivity contribution is -0.339. The van der Waals surface area contributed by atoms with Gasteiger partial charge in [-0.1, -0.05) is 18.2 Å². The molecule has 0 amide bonds. The van der Waals surface area contributed by atoms with Gasteiger partial charge in [0.15, 0.2) is 12.6 Å². The van der Waals surface area contributed by atoms with E-state index in [1.807, 2.05) is 0 Å². The lowest BCUT2D eigenvalue weighted by Gasteiger charge is -2.43. The molecule has 290 valence electrons. The number of allylic oxidation sites excluding steroid dienone is 2. The molecule has 0 aromatic carbocycles. The lowest BCUT2D eigenvalue weighted by Crippen LogP contribution is -2.60. The first-order chi connectivity index (χ1) is 24.8. The normalized spacial score (nSPS) is 41.0. The summed E-state index contributed by atoms with van der Waals surface area (Å²) in [5.74, 6) is -6.69. The molecular weight excluding hydrogens is 700 g/mol. The Balaban J connectivity index is 1.64. The van der Waals surface area contributed by atoms with Crippen molar-refractivity contribution in [1.82, 2.24) is 0 Å². The molecule has 4 aliphatic heterocycles. The molecule has 0 saturated carbocycles. The number of aliphatic hydroxyl groups excluding tert-OH is 8. The fourth-order valence-corrected chi connectivity index (χ4v) is 6.47. The second-order valence-corrected chi connectivity index (χ2v) is 12.4. The van der Waals surface area contributed by atoms with Crippen molar-refractivity contribution in [3.8, 4) is 0 Å². The van der Waals surface area contributed by atoms with Gasteiger partial charge in [-0.2, -0.15) is 0 Å². The van der Waals surface area contributed by atoms with Gasteiger partial charge in [-0.15, -0.1) is 13.2 Å². The molecule has 4 heterocycles. The zero-order valence-corrected chi connectivity index (χ0v) is 27.8. The molecule has 0 aliphatic carbocycles. The highest BCUT2D eigenvalue weighted by Gasteiger charge is 2.50. The van der Waals surface area contributed by atoms with Crippen molar-refractivity contribution in [2.45, 2.75) is 80.4 Å². The van der Waals surface area contributed by atoms with Crippen LogP contribution in [0.3, 0.4) is 0 Å². The molecule has 0 aromatic heterocycles. The van der Waals surface area contributed by atoms with E-state index in [1.165, 1.54) is 18.2 Å². The van der Waals surface area contributed by atoms with Crippen molar-refractivity contribution < 1.29 is 93.5 Å². The van der Waals surface area contributed by atoms with Gasteiger partial charge in [-0.3, -0.25) is 4.79 Å². The summed E-state index contributed by atoms with van der Waals surface area (Å²) in [6, 6.07) is 0. The Morgan fingerprint density at radius 1 is 0.750 bits per heavy atom. The predicted molar refractivity (Wildman–Crippen MR) is 168 cm³/mol. The van der Waals surface area contributed by atoms with E-state index in [9.17, 15) is 60.3 Å². The number of hydrogen-bond acceptors (Lipinski definition) is 18. The molecule has 4 rings (SSSR count). The second-order valence-electron chi connectivity index (χ2n) is 12.4. The van der Waals surface area contributed by atoms with Crippen LogP contribution in [-0.2, 0) is 47.5 Å². The number of methoxy groups -OCH3 is 1. The van der Waals surface area contributed by atoms with Crippen LogP contribution in [0.1, 0.15) is 6.42 Å². The third-order valence-electron chi connectivity index (χ3n) is 9.42. The maximum atomic E-state index is 12.8. The van der Waals surface area contributed by atoms with Gasteiger partial charge in [0, 0.05) is 17.8 Å². The van der Waals surface area contributed by atoms with Crippen molar-refractivity contribution in [2.24, 2.45) is 23.7 Å². The largest absolute Gasteiger partial charge is 0.478 e. The summed E-state index contributed by atoms with van der Waals surface area (Å²) in [4.78, 5) is 37.9. The molecule has 52 heavy (non-hydrogen) atoms. The van der Waals surface area contributed by atoms with E-state index in [0.29, 0.717) is 6.29 Å². The van der Waals surface area contributed by atoms with Crippen LogP contribution in [0, 0.1) is 23.7 Å². The first-order valence-electron chi connectivity index (χ1n) is 16.1. The maximum absolute atomic E-state index is 12.8. The van der Waals surface area contributed by atoms with E-state index in [-0.39, 0.29) is 17.6 Å². The third-order valence-corrected chi connectivity index (χ3v) is 9.42. The van der Waals surface area contributed by atoms with E-state index < -0.39 is 128 Å². The van der Waals surface area contributed by atoms with Gasteiger partial charge >= 0.3 is 11.9 Å². The number of aldehydes is 1. The SMILES string of the molecule is C=C[C@H]1[C@H](O[C@@H]2O[C@H](CO)[C@@H](O)[C@H](O)[C@H]2O)OC=C(C(=O)OC)[C@H]1C/C=C(/C=O)[C@@H]1C(C(=O)O)=CO[C@@H](O[C@@H]2O[C@H](CO)[C@@H](O)[C@H](O)[C@H]2O)[C@@H]1C=C. The van der Waals surface area contributed by atoms with Crippen LogP contribution in [0.5, 0.6) is 0 Å². The molecule has 0 radical (unpaired) electrons. The van der Waals surface area contributed by atoms with Gasteiger partial charge < -0.3 is 79.1 Å². The summed E-state index contributed by atoms with van der Waals surface area (Å²) in [5, 5.41) is 90.9. The van der Waals surface area contributed by atoms with Gasteiger partial charge in [0.05, 0.1) is 49.9 Å². The van der Waals surface area contributed by atoms with Gasteiger partial charge in [0.2, 0.25) is 12.6 Å². The number of carbonyl (C=O) groups excluding carboxylic acids is 2. The molecule has 16 atom stereocenters. The number of hydrogen-bond donors (Lipinski definition) is 9. The number of esters is 1. The van der Waals surface area contributed by atoms with E-state index in [0.717, 1.165) is 19.6 Å². The van der Waals surface area contributed by atoms with Crippen LogP contribution in [0.4, 0.5) is 0 Å². The van der Waals surface area contributed by atoms with Gasteiger partial charge in [0.25, 0.3) is 0 Å². The van der Waals surface area contributed by atoms with Gasteiger partial charge in [-0.05, 0) is 12.0 Å². The number of ether oxygens (including phenoxy) is 7. The fraction of sp³-hybridized carbons (Fsp3) is 0.606. The highest BCUT2D eigenvalue weighted by molar-refractivity contribution is 5.91. The topological polar surface area (TPSA) is 298 Å². The van der Waals surface area contributed by atoms with Crippen molar-refractivity contribution in [3.05, 3.63) is 60.6 Å². The Hall–Kier alpha value is -3.57. The molecule has 0 bridgehead atoms. The van der Waals surface area contributed by atoms with E-state index in [1.54, 1.807) is 0 Å². The first-order valence-corrected chi connectivity index (χ1v) is 16.1. The van der Waals surface area contributed by atoms with E-state index in [4.69, 9.17) is 33.2 Å². The molecule has 0 aromatic rings. The van der Waals surface area contributed by atoms with Crippen molar-refractivity contribution >= 4 is 18.2 Å². The van der Waals surface area contributed by atoms with Gasteiger partial charge in [-0.25, -0.2) is 9.59 Å². The average Bonchev–Trinajstić information content (AvgIpc) is 3.14. The Kier molecular flexibility index (Phi) is 14.2. The van der Waals surface area contributed by atoms with Crippen molar-refractivity contribution in [3.63, 3.8) is 0 Å². The van der Waals surface area contributed by atoms with Crippen molar-refractivity contribution in [2.75, 3.05) is 20.3 Å². The number of carboxylic acids is 1. The molecule has 9 N–H and O–H groups in total. The smallest absolute Gasteiger partial charge is 0.337 e. The van der Waals surface area contributed by atoms with Crippen molar-refractivity contribution in [1.29, 1.82) is 0 Å². The number of aliphatic carboxylic acids is 1. The quantitative estimate of drug-likeness (QED) is 0.0364. The number of rotatable bonds is 14. The lowest BCUT2D eigenvalue weighted by atomic mass is 9.76. The summed E-state index contributed by atoms with van der Waals surface area (Å²) in [7, 11) is 1.11. The summed E-state index contributed by atoms with van der Waals surface area (Å²) >= 11 is 0. The molecule has 4 aliphatic rings. The minimum Gasteiger partial charge on any atom is -0.478 e. The fourth-order valence-electron chi connectivity index (χ4n) is 6.47. The molecule has 2 saturated heterocycles. The summed E-state index contributed by atoms with van der Waals surface area (Å²) in [6.07, 6.45) is -13.4. The highest BCUT2D eigenvalue weighted by atomic mass is 16.8. The first kappa shape index (κ1) is 41.2. The number of carbonyl (C=O) groups is 3. The predicted octanol–water partition coefficient (Wildman–Crippen LogP) is -3.29. The molecule has 19 nitrogen and oxygen atoms in total. The van der Waals surface area contributed by atoms with Crippen LogP contribution in [-0.4, -0.2) is 158 Å². The zero-order chi connectivity index (χ0) is 38.4. The Morgan fingerprint density at radius 2 is 1.23 bits per heavy atom. The van der Waals surface area contributed by atoms with Crippen LogP contribution in [0.25, 0.3) is 0 Å². The minimum absolute atomic E-state index is 0.0485. The Bertz CT molecular complexity index is 1390. The average molecular weight is 745 g/mol. The molecule has 0 unspecified atom stereocenters. The monoisotopic (exact) mass is 744 g/mol. The molecular formula is C33H44O19. The summed E-state index contributed by atoms with van der Waals surface area (Å²) in [6.45, 7) is 6.04. The number of aliphatic hydroxyl groups is 8. The third kappa shape index (κ3) is 8.30.